The molecule has 0 N–H and O–H groups in total. The molecule has 1 aromatic heterocycles. The third-order valence-electron chi connectivity index (χ3n) is 4.63. The first-order valence-corrected chi connectivity index (χ1v) is 8.13. The summed E-state index contributed by atoms with van der Waals surface area (Å²) >= 11 is 6.34. The lowest BCUT2D eigenvalue weighted by atomic mass is 9.82. The summed E-state index contributed by atoms with van der Waals surface area (Å²) in [6.07, 6.45) is 5.60. The summed E-state index contributed by atoms with van der Waals surface area (Å²) in [5.41, 5.74) is 0.623. The van der Waals surface area contributed by atoms with E-state index in [9.17, 15) is 4.79 Å². The molecule has 1 fully saturated rings. The van der Waals surface area contributed by atoms with Crippen LogP contribution in [0.4, 0.5) is 0 Å². The van der Waals surface area contributed by atoms with Crippen molar-refractivity contribution < 1.29 is 0 Å². The lowest BCUT2D eigenvalue weighted by Crippen LogP contribution is -2.43. The van der Waals surface area contributed by atoms with Crippen LogP contribution in [0, 0.1) is 0 Å². The molecule has 1 saturated carbocycles. The van der Waals surface area contributed by atoms with Crippen molar-refractivity contribution in [3.63, 3.8) is 0 Å². The Morgan fingerprint density at radius 2 is 1.90 bits per heavy atom. The number of halogens is 1. The Kier molecular flexibility index (Phi) is 3.78. The van der Waals surface area contributed by atoms with Crippen LogP contribution in [0.5, 0.6) is 0 Å². The van der Waals surface area contributed by atoms with Gasteiger partial charge in [0, 0.05) is 5.54 Å². The largest absolute Gasteiger partial charge is 0.289 e. The van der Waals surface area contributed by atoms with Crippen LogP contribution >= 0.6 is 11.6 Å². The van der Waals surface area contributed by atoms with E-state index in [0.717, 1.165) is 31.2 Å². The average Bonchev–Trinajstić information content (AvgIpc) is 2.47. The van der Waals surface area contributed by atoms with E-state index in [2.05, 4.69) is 11.9 Å². The molecule has 2 aromatic rings. The molecule has 1 atom stereocenters. The SMILES string of the molecule is CC(Cl)c1nc2ccccc2c(=O)n1C1(C)CCCCC1. The van der Waals surface area contributed by atoms with E-state index in [-0.39, 0.29) is 16.5 Å². The highest BCUT2D eigenvalue weighted by molar-refractivity contribution is 6.20. The van der Waals surface area contributed by atoms with Gasteiger partial charge in [-0.1, -0.05) is 31.4 Å². The summed E-state index contributed by atoms with van der Waals surface area (Å²) in [4.78, 5) is 17.7. The number of fused-ring (bicyclic) bond motifs is 1. The number of aromatic nitrogens is 2. The quantitative estimate of drug-likeness (QED) is 0.772. The molecule has 0 radical (unpaired) electrons. The summed E-state index contributed by atoms with van der Waals surface area (Å²) in [6.45, 7) is 4.06. The van der Waals surface area contributed by atoms with Crippen LogP contribution in [-0.4, -0.2) is 9.55 Å². The van der Waals surface area contributed by atoms with Crippen molar-refractivity contribution in [2.45, 2.75) is 56.9 Å². The molecule has 112 valence electrons. The minimum Gasteiger partial charge on any atom is -0.289 e. The third-order valence-corrected chi connectivity index (χ3v) is 4.82. The lowest BCUT2D eigenvalue weighted by Gasteiger charge is -2.37. The molecular weight excluding hydrogens is 284 g/mol. The van der Waals surface area contributed by atoms with E-state index in [1.807, 2.05) is 35.8 Å². The molecule has 0 aliphatic heterocycles. The van der Waals surface area contributed by atoms with Gasteiger partial charge in [0.25, 0.3) is 5.56 Å². The van der Waals surface area contributed by atoms with Crippen LogP contribution in [-0.2, 0) is 5.54 Å². The molecule has 1 unspecified atom stereocenters. The molecule has 4 heteroatoms. The van der Waals surface area contributed by atoms with Crippen molar-refractivity contribution >= 4 is 22.5 Å². The van der Waals surface area contributed by atoms with Crippen LogP contribution in [0.15, 0.2) is 29.1 Å². The van der Waals surface area contributed by atoms with E-state index in [1.54, 1.807) is 0 Å². The first-order chi connectivity index (χ1) is 10.0. The first kappa shape index (κ1) is 14.6. The zero-order valence-electron chi connectivity index (χ0n) is 12.6. The van der Waals surface area contributed by atoms with Gasteiger partial charge in [-0.15, -0.1) is 11.6 Å². The Bertz CT molecular complexity index is 714. The van der Waals surface area contributed by atoms with Gasteiger partial charge in [0.1, 0.15) is 5.82 Å². The molecule has 1 aromatic carbocycles. The zero-order valence-corrected chi connectivity index (χ0v) is 13.4. The van der Waals surface area contributed by atoms with Crippen LogP contribution in [0.2, 0.25) is 0 Å². The number of benzene rings is 1. The number of para-hydroxylation sites is 1. The summed E-state index contributed by atoms with van der Waals surface area (Å²) in [5.74, 6) is 0.699. The van der Waals surface area contributed by atoms with Crippen LogP contribution in [0.1, 0.15) is 57.2 Å². The zero-order chi connectivity index (χ0) is 15.0. The van der Waals surface area contributed by atoms with Gasteiger partial charge in [-0.3, -0.25) is 9.36 Å². The van der Waals surface area contributed by atoms with Crippen molar-refractivity contribution in [1.29, 1.82) is 0 Å². The van der Waals surface area contributed by atoms with Crippen molar-refractivity contribution in [3.05, 3.63) is 40.4 Å². The average molecular weight is 305 g/mol. The number of hydrogen-bond acceptors (Lipinski definition) is 2. The van der Waals surface area contributed by atoms with Gasteiger partial charge in [0.05, 0.1) is 16.3 Å². The van der Waals surface area contributed by atoms with E-state index < -0.39 is 0 Å². The lowest BCUT2D eigenvalue weighted by molar-refractivity contribution is 0.205. The Labute approximate surface area is 130 Å². The Morgan fingerprint density at radius 1 is 1.24 bits per heavy atom. The molecule has 1 aliphatic carbocycles. The van der Waals surface area contributed by atoms with E-state index in [4.69, 9.17) is 11.6 Å². The summed E-state index contributed by atoms with van der Waals surface area (Å²) in [5, 5.41) is 0.409. The molecule has 3 nitrogen and oxygen atoms in total. The van der Waals surface area contributed by atoms with Gasteiger partial charge < -0.3 is 0 Å². The maximum atomic E-state index is 13.0. The number of alkyl halides is 1. The van der Waals surface area contributed by atoms with Gasteiger partial charge in [-0.2, -0.15) is 0 Å². The number of rotatable bonds is 2. The molecule has 21 heavy (non-hydrogen) atoms. The predicted molar refractivity (Wildman–Crippen MR) is 87.0 cm³/mol. The molecular formula is C17H21ClN2O. The highest BCUT2D eigenvalue weighted by atomic mass is 35.5. The summed E-state index contributed by atoms with van der Waals surface area (Å²) < 4.78 is 1.88. The third kappa shape index (κ3) is 2.48. The Morgan fingerprint density at radius 3 is 2.57 bits per heavy atom. The van der Waals surface area contributed by atoms with Gasteiger partial charge in [-0.05, 0) is 38.8 Å². The molecule has 0 bridgehead atoms. The number of hydrogen-bond donors (Lipinski definition) is 0. The second kappa shape index (κ2) is 5.45. The fourth-order valence-corrected chi connectivity index (χ4v) is 3.62. The smallest absolute Gasteiger partial charge is 0.261 e. The monoisotopic (exact) mass is 304 g/mol. The van der Waals surface area contributed by atoms with E-state index in [0.29, 0.717) is 11.2 Å². The van der Waals surface area contributed by atoms with Crippen molar-refractivity contribution in [2.75, 3.05) is 0 Å². The van der Waals surface area contributed by atoms with Crippen LogP contribution in [0.3, 0.4) is 0 Å². The standard InChI is InChI=1S/C17H21ClN2O/c1-12(18)15-19-14-9-5-4-8-13(14)16(21)20(15)17(2)10-6-3-7-11-17/h4-5,8-9,12H,3,6-7,10-11H2,1-2H3. The Balaban J connectivity index is 2.31. The molecule has 0 spiro atoms. The topological polar surface area (TPSA) is 34.9 Å². The predicted octanol–water partition coefficient (Wildman–Crippen LogP) is 4.38. The van der Waals surface area contributed by atoms with Crippen LogP contribution < -0.4 is 5.56 Å². The molecule has 0 saturated heterocycles. The normalized spacial score (nSPS) is 19.6. The summed E-state index contributed by atoms with van der Waals surface area (Å²) in [6, 6.07) is 7.54. The highest BCUT2D eigenvalue weighted by Crippen LogP contribution is 2.36. The molecule has 1 heterocycles. The van der Waals surface area contributed by atoms with E-state index >= 15 is 0 Å². The second-order valence-electron chi connectivity index (χ2n) is 6.30. The first-order valence-electron chi connectivity index (χ1n) is 7.69. The number of nitrogens with zero attached hydrogens (tertiary/aromatic N) is 2. The van der Waals surface area contributed by atoms with Crippen molar-refractivity contribution in [2.24, 2.45) is 0 Å². The van der Waals surface area contributed by atoms with Crippen molar-refractivity contribution in [3.8, 4) is 0 Å². The molecule has 1 aliphatic rings. The van der Waals surface area contributed by atoms with Crippen LogP contribution in [0.25, 0.3) is 10.9 Å². The minimum absolute atomic E-state index is 0.0486. The van der Waals surface area contributed by atoms with Gasteiger partial charge in [0.15, 0.2) is 0 Å². The molecule has 3 rings (SSSR count). The maximum Gasteiger partial charge on any atom is 0.261 e. The molecule has 0 amide bonds. The fraction of sp³-hybridized carbons (Fsp3) is 0.529. The van der Waals surface area contributed by atoms with E-state index in [1.165, 1.54) is 6.42 Å². The van der Waals surface area contributed by atoms with Gasteiger partial charge >= 0.3 is 0 Å². The minimum atomic E-state index is -0.277. The fourth-order valence-electron chi connectivity index (χ4n) is 3.48. The Hall–Kier alpha value is -1.35. The highest BCUT2D eigenvalue weighted by Gasteiger charge is 2.33. The van der Waals surface area contributed by atoms with Crippen molar-refractivity contribution in [1.82, 2.24) is 9.55 Å². The maximum absolute atomic E-state index is 13.0. The summed E-state index contributed by atoms with van der Waals surface area (Å²) in [7, 11) is 0. The van der Waals surface area contributed by atoms with Gasteiger partial charge in [-0.25, -0.2) is 4.98 Å². The second-order valence-corrected chi connectivity index (χ2v) is 6.96. The van der Waals surface area contributed by atoms with Gasteiger partial charge in [0.2, 0.25) is 0 Å².